The van der Waals surface area contributed by atoms with Gasteiger partial charge in [-0.3, -0.25) is 4.90 Å². The van der Waals surface area contributed by atoms with Gasteiger partial charge in [-0.1, -0.05) is 0 Å². The van der Waals surface area contributed by atoms with Crippen molar-refractivity contribution in [1.29, 1.82) is 0 Å². The van der Waals surface area contributed by atoms with E-state index >= 15 is 0 Å². The summed E-state index contributed by atoms with van der Waals surface area (Å²) in [7, 11) is 0. The van der Waals surface area contributed by atoms with Crippen LogP contribution in [-0.2, 0) is 4.79 Å². The van der Waals surface area contributed by atoms with E-state index in [1.54, 1.807) is 4.90 Å². The molecule has 1 unspecified atom stereocenters. The van der Waals surface area contributed by atoms with Gasteiger partial charge >= 0.3 is 12.0 Å². The molecule has 3 saturated heterocycles. The summed E-state index contributed by atoms with van der Waals surface area (Å²) in [5.41, 5.74) is 0. The fourth-order valence-electron chi connectivity index (χ4n) is 3.82. The summed E-state index contributed by atoms with van der Waals surface area (Å²) in [6.45, 7) is 3.59. The number of aliphatic hydroxyl groups excluding tert-OH is 1. The highest BCUT2D eigenvalue weighted by molar-refractivity contribution is 5.83. The van der Waals surface area contributed by atoms with Crippen LogP contribution in [0, 0.1) is 0 Å². The van der Waals surface area contributed by atoms with Crippen LogP contribution in [0.2, 0.25) is 0 Å². The number of aliphatic hydroxyl groups is 1. The molecular formula is C14H23N3O4. The molecule has 0 aromatic heterocycles. The molecule has 7 heteroatoms. The number of urea groups is 1. The Morgan fingerprint density at radius 1 is 1.05 bits per heavy atom. The Hall–Kier alpha value is -1.34. The van der Waals surface area contributed by atoms with Crippen molar-refractivity contribution in [2.45, 2.75) is 43.9 Å². The van der Waals surface area contributed by atoms with Crippen LogP contribution >= 0.6 is 0 Å². The zero-order valence-electron chi connectivity index (χ0n) is 12.1. The number of likely N-dealkylation sites (tertiary alicyclic amines) is 1. The number of amides is 2. The number of carbonyl (C=O) groups excluding carboxylic acids is 1. The fraction of sp³-hybridized carbons (Fsp3) is 0.857. The van der Waals surface area contributed by atoms with Crippen LogP contribution in [0.4, 0.5) is 4.79 Å². The number of rotatable bonds is 1. The first-order valence-corrected chi connectivity index (χ1v) is 7.76. The van der Waals surface area contributed by atoms with Gasteiger partial charge in [-0.2, -0.15) is 0 Å². The molecule has 118 valence electrons. The van der Waals surface area contributed by atoms with E-state index in [0.717, 1.165) is 25.9 Å². The highest BCUT2D eigenvalue weighted by atomic mass is 16.4. The Bertz CT molecular complexity index is 430. The van der Waals surface area contributed by atoms with Gasteiger partial charge < -0.3 is 20.0 Å². The van der Waals surface area contributed by atoms with Crippen LogP contribution in [-0.4, -0.2) is 87.8 Å². The lowest BCUT2D eigenvalue weighted by atomic mass is 10.2. The van der Waals surface area contributed by atoms with Gasteiger partial charge in [-0.25, -0.2) is 9.59 Å². The van der Waals surface area contributed by atoms with E-state index in [0.29, 0.717) is 19.1 Å². The molecule has 21 heavy (non-hydrogen) atoms. The van der Waals surface area contributed by atoms with E-state index in [1.807, 2.05) is 0 Å². The van der Waals surface area contributed by atoms with Gasteiger partial charge in [0.05, 0.1) is 6.10 Å². The Morgan fingerprint density at radius 2 is 1.81 bits per heavy atom. The second-order valence-electron chi connectivity index (χ2n) is 6.31. The number of carbonyl (C=O) groups is 2. The van der Waals surface area contributed by atoms with E-state index in [4.69, 9.17) is 0 Å². The van der Waals surface area contributed by atoms with Crippen molar-refractivity contribution in [2.75, 3.05) is 32.7 Å². The van der Waals surface area contributed by atoms with Crippen LogP contribution in [0.3, 0.4) is 0 Å². The van der Waals surface area contributed by atoms with E-state index in [1.165, 1.54) is 11.3 Å². The van der Waals surface area contributed by atoms with Crippen LogP contribution in [0.25, 0.3) is 0 Å². The topological polar surface area (TPSA) is 84.3 Å². The lowest BCUT2D eigenvalue weighted by molar-refractivity contribution is -0.141. The van der Waals surface area contributed by atoms with Gasteiger partial charge in [0.15, 0.2) is 0 Å². The molecule has 3 fully saturated rings. The summed E-state index contributed by atoms with van der Waals surface area (Å²) in [5.74, 6) is -1.03. The van der Waals surface area contributed by atoms with E-state index in [9.17, 15) is 19.8 Å². The van der Waals surface area contributed by atoms with Gasteiger partial charge in [-0.05, 0) is 25.8 Å². The first-order valence-electron chi connectivity index (χ1n) is 7.76. The highest BCUT2D eigenvalue weighted by Crippen LogP contribution is 2.24. The Kier molecular flexibility index (Phi) is 4.03. The second-order valence-corrected chi connectivity index (χ2v) is 6.31. The summed E-state index contributed by atoms with van der Waals surface area (Å²) in [5, 5.41) is 18.9. The molecule has 0 aromatic rings. The first kappa shape index (κ1) is 14.6. The molecule has 3 aliphatic heterocycles. The number of nitrogens with zero attached hydrogens (tertiary/aromatic N) is 3. The van der Waals surface area contributed by atoms with Crippen LogP contribution in [0.15, 0.2) is 0 Å². The van der Waals surface area contributed by atoms with Crippen molar-refractivity contribution in [3.05, 3.63) is 0 Å². The number of carboxylic acid groups (broad SMARTS) is 1. The van der Waals surface area contributed by atoms with Crippen LogP contribution < -0.4 is 0 Å². The lowest BCUT2D eigenvalue weighted by Gasteiger charge is -2.31. The van der Waals surface area contributed by atoms with Gasteiger partial charge in [0, 0.05) is 38.6 Å². The molecule has 3 atom stereocenters. The second kappa shape index (κ2) is 5.81. The predicted molar refractivity (Wildman–Crippen MR) is 74.9 cm³/mol. The largest absolute Gasteiger partial charge is 0.480 e. The molecule has 3 heterocycles. The molecule has 2 amide bonds. The summed E-state index contributed by atoms with van der Waals surface area (Å²) in [6, 6.07) is -0.713. The van der Waals surface area contributed by atoms with Crippen molar-refractivity contribution in [3.8, 4) is 0 Å². The van der Waals surface area contributed by atoms with Crippen LogP contribution in [0.1, 0.15) is 25.7 Å². The number of carboxylic acids is 1. The zero-order chi connectivity index (χ0) is 15.0. The average Bonchev–Trinajstić information content (AvgIpc) is 2.99. The standard InChI is InChI=1S/C14H23N3O4/c18-11-7-12(13(19)20)17(9-11)14(21)16-6-2-5-15-4-1-3-10(15)8-16/h10-12,18H,1-9H2,(H,19,20)/t10?,11-,12+/m1/s1. The minimum atomic E-state index is -1.03. The van der Waals surface area contributed by atoms with Gasteiger partial charge in [0.2, 0.25) is 0 Å². The fourth-order valence-corrected chi connectivity index (χ4v) is 3.82. The molecule has 0 spiro atoms. The quantitative estimate of drug-likeness (QED) is 0.700. The van der Waals surface area contributed by atoms with Crippen molar-refractivity contribution >= 4 is 12.0 Å². The summed E-state index contributed by atoms with van der Waals surface area (Å²) >= 11 is 0. The third-order valence-corrected chi connectivity index (χ3v) is 4.88. The molecule has 7 nitrogen and oxygen atoms in total. The monoisotopic (exact) mass is 297 g/mol. The SMILES string of the molecule is O=C(O)[C@@H]1C[C@@H](O)CN1C(=O)N1CCCN2CCCC2C1. The number of fused-ring (bicyclic) bond motifs is 1. The van der Waals surface area contributed by atoms with E-state index in [-0.39, 0.29) is 19.0 Å². The maximum atomic E-state index is 12.7. The van der Waals surface area contributed by atoms with Gasteiger partial charge in [-0.15, -0.1) is 0 Å². The third kappa shape index (κ3) is 2.85. The van der Waals surface area contributed by atoms with E-state index in [2.05, 4.69) is 4.90 Å². The molecule has 0 saturated carbocycles. The van der Waals surface area contributed by atoms with Crippen molar-refractivity contribution in [3.63, 3.8) is 0 Å². The molecule has 2 N–H and O–H groups in total. The van der Waals surface area contributed by atoms with Crippen molar-refractivity contribution in [2.24, 2.45) is 0 Å². The lowest BCUT2D eigenvalue weighted by Crippen LogP contribution is -2.50. The minimum Gasteiger partial charge on any atom is -0.480 e. The minimum absolute atomic E-state index is 0.126. The zero-order valence-corrected chi connectivity index (χ0v) is 12.1. The van der Waals surface area contributed by atoms with Crippen LogP contribution in [0.5, 0.6) is 0 Å². The molecule has 0 bridgehead atoms. The van der Waals surface area contributed by atoms with E-state index < -0.39 is 18.1 Å². The first-order chi connectivity index (χ1) is 10.1. The normalized spacial score (nSPS) is 33.9. The smallest absolute Gasteiger partial charge is 0.326 e. The number of aliphatic carboxylic acids is 1. The third-order valence-electron chi connectivity index (χ3n) is 4.88. The molecule has 0 radical (unpaired) electrons. The van der Waals surface area contributed by atoms with Crippen molar-refractivity contribution in [1.82, 2.24) is 14.7 Å². The Balaban J connectivity index is 1.70. The summed E-state index contributed by atoms with van der Waals surface area (Å²) < 4.78 is 0. The molecule has 0 aliphatic carbocycles. The predicted octanol–water partition coefficient (Wildman–Crippen LogP) is -0.204. The molecule has 0 aromatic carbocycles. The highest BCUT2D eigenvalue weighted by Gasteiger charge is 2.41. The van der Waals surface area contributed by atoms with Crippen molar-refractivity contribution < 1.29 is 19.8 Å². The van der Waals surface area contributed by atoms with Gasteiger partial charge in [0.25, 0.3) is 0 Å². The van der Waals surface area contributed by atoms with Gasteiger partial charge in [0.1, 0.15) is 6.04 Å². The average molecular weight is 297 g/mol. The molecule has 3 aliphatic rings. The number of β-amino-alcohol motifs (C(OH)–C–C–N with tert-alkyl or cyclic N) is 1. The Morgan fingerprint density at radius 3 is 2.57 bits per heavy atom. The summed E-state index contributed by atoms with van der Waals surface area (Å²) in [6.07, 6.45) is 2.60. The molecular weight excluding hydrogens is 274 g/mol. The number of hydrogen-bond donors (Lipinski definition) is 2. The maximum absolute atomic E-state index is 12.7. The summed E-state index contributed by atoms with van der Waals surface area (Å²) in [4.78, 5) is 29.5. The number of hydrogen-bond acceptors (Lipinski definition) is 4. The molecule has 3 rings (SSSR count). The Labute approximate surface area is 124 Å². The maximum Gasteiger partial charge on any atom is 0.326 e.